The van der Waals surface area contributed by atoms with Crippen molar-refractivity contribution in [3.05, 3.63) is 17.0 Å². The van der Waals surface area contributed by atoms with Gasteiger partial charge in [-0.15, -0.1) is 5.10 Å². The Morgan fingerprint density at radius 3 is 3.04 bits per heavy atom. The molecule has 0 atom stereocenters. The first-order valence-electron chi connectivity index (χ1n) is 8.08. The molecule has 2 bridgehead atoms. The molecule has 1 aliphatic carbocycles. The van der Waals surface area contributed by atoms with E-state index in [1.165, 1.54) is 12.8 Å². The third-order valence-corrected chi connectivity index (χ3v) is 4.72. The van der Waals surface area contributed by atoms with Crippen molar-refractivity contribution < 1.29 is 4.74 Å². The number of ether oxygens (including phenoxy) is 1. The first-order chi connectivity index (χ1) is 11.7. The molecular formula is C15H16ClN7O. The number of hydrogen-bond donors (Lipinski definition) is 1. The lowest BCUT2D eigenvalue weighted by Crippen LogP contribution is -2.07. The highest BCUT2D eigenvalue weighted by molar-refractivity contribution is 6.34. The molecule has 9 heteroatoms. The summed E-state index contributed by atoms with van der Waals surface area (Å²) < 4.78 is 9.76. The Hall–Kier alpha value is -2.35. The molecule has 0 radical (unpaired) electrons. The van der Waals surface area contributed by atoms with Gasteiger partial charge in [0.2, 0.25) is 5.95 Å². The lowest BCUT2D eigenvalue weighted by Gasteiger charge is -2.06. The molecule has 0 aromatic carbocycles. The van der Waals surface area contributed by atoms with Crippen molar-refractivity contribution in [2.45, 2.75) is 38.8 Å². The highest BCUT2D eigenvalue weighted by Crippen LogP contribution is 2.40. The van der Waals surface area contributed by atoms with Crippen LogP contribution in [0.5, 0.6) is 5.88 Å². The Morgan fingerprint density at radius 1 is 1.33 bits per heavy atom. The number of anilines is 2. The molecule has 0 spiro atoms. The van der Waals surface area contributed by atoms with Gasteiger partial charge < -0.3 is 10.1 Å². The average molecular weight is 346 g/mol. The SMILES string of the molecule is Cc1c2c(nn1C1CC1)OCCCn1nc(Cl)c3cnc(nc31)N2. The van der Waals surface area contributed by atoms with E-state index >= 15 is 0 Å². The molecule has 24 heavy (non-hydrogen) atoms. The zero-order valence-electron chi connectivity index (χ0n) is 13.2. The van der Waals surface area contributed by atoms with Crippen molar-refractivity contribution in [2.24, 2.45) is 0 Å². The molecule has 5 rings (SSSR count). The predicted octanol–water partition coefficient (Wildman–Crippen LogP) is 2.85. The fraction of sp³-hybridized carbons (Fsp3) is 0.467. The molecule has 3 aromatic heterocycles. The Labute approximate surface area is 142 Å². The van der Waals surface area contributed by atoms with E-state index in [4.69, 9.17) is 16.3 Å². The Balaban J connectivity index is 1.64. The molecule has 124 valence electrons. The number of hydrogen-bond acceptors (Lipinski definition) is 6. The van der Waals surface area contributed by atoms with Gasteiger partial charge in [0.25, 0.3) is 5.88 Å². The van der Waals surface area contributed by atoms with Crippen molar-refractivity contribution in [3.63, 3.8) is 0 Å². The van der Waals surface area contributed by atoms with Gasteiger partial charge in [0.15, 0.2) is 10.8 Å². The minimum absolute atomic E-state index is 0.424. The number of rotatable bonds is 1. The predicted molar refractivity (Wildman–Crippen MR) is 89.0 cm³/mol. The van der Waals surface area contributed by atoms with Crippen LogP contribution in [0.15, 0.2) is 6.20 Å². The van der Waals surface area contributed by atoms with E-state index in [-0.39, 0.29) is 0 Å². The largest absolute Gasteiger partial charge is 0.475 e. The number of aromatic nitrogens is 6. The molecule has 0 saturated heterocycles. The van der Waals surface area contributed by atoms with Gasteiger partial charge in [-0.25, -0.2) is 9.67 Å². The number of fused-ring (bicyclic) bond motifs is 2. The van der Waals surface area contributed by atoms with Gasteiger partial charge in [0.05, 0.1) is 23.7 Å². The zero-order valence-corrected chi connectivity index (χ0v) is 13.9. The van der Waals surface area contributed by atoms with E-state index in [1.54, 1.807) is 10.9 Å². The van der Waals surface area contributed by atoms with Crippen molar-refractivity contribution in [2.75, 3.05) is 11.9 Å². The lowest BCUT2D eigenvalue weighted by molar-refractivity contribution is 0.286. The summed E-state index contributed by atoms with van der Waals surface area (Å²) in [7, 11) is 0. The van der Waals surface area contributed by atoms with Crippen molar-refractivity contribution >= 4 is 34.3 Å². The smallest absolute Gasteiger partial charge is 0.257 e. The van der Waals surface area contributed by atoms with Gasteiger partial charge in [-0.05, 0) is 19.8 Å². The van der Waals surface area contributed by atoms with E-state index in [9.17, 15) is 0 Å². The van der Waals surface area contributed by atoms with Crippen LogP contribution in [0.3, 0.4) is 0 Å². The number of aryl methyl sites for hydroxylation is 1. The first kappa shape index (κ1) is 14.0. The summed E-state index contributed by atoms with van der Waals surface area (Å²) >= 11 is 6.17. The molecule has 1 fully saturated rings. The maximum Gasteiger partial charge on any atom is 0.257 e. The maximum absolute atomic E-state index is 6.17. The third-order valence-electron chi connectivity index (χ3n) is 4.44. The summed E-state index contributed by atoms with van der Waals surface area (Å²) in [5.41, 5.74) is 2.61. The van der Waals surface area contributed by atoms with Gasteiger partial charge in [-0.1, -0.05) is 11.6 Å². The van der Waals surface area contributed by atoms with E-state index < -0.39 is 0 Å². The van der Waals surface area contributed by atoms with E-state index in [0.717, 1.165) is 28.8 Å². The number of nitrogens with one attached hydrogen (secondary N) is 1. The van der Waals surface area contributed by atoms with Crippen LogP contribution in [0.1, 0.15) is 31.0 Å². The van der Waals surface area contributed by atoms with Gasteiger partial charge >= 0.3 is 0 Å². The minimum atomic E-state index is 0.424. The molecule has 3 aromatic rings. The Kier molecular flexibility index (Phi) is 2.97. The topological polar surface area (TPSA) is 82.7 Å². The lowest BCUT2D eigenvalue weighted by atomic mass is 10.3. The molecular weight excluding hydrogens is 330 g/mol. The number of nitrogens with zero attached hydrogens (tertiary/aromatic N) is 6. The summed E-state index contributed by atoms with van der Waals surface area (Å²) in [5, 5.41) is 13.4. The van der Waals surface area contributed by atoms with Crippen molar-refractivity contribution in [1.82, 2.24) is 29.5 Å². The van der Waals surface area contributed by atoms with Crippen molar-refractivity contribution in [1.29, 1.82) is 0 Å². The van der Waals surface area contributed by atoms with Gasteiger partial charge in [0.1, 0.15) is 5.69 Å². The summed E-state index contributed by atoms with van der Waals surface area (Å²) in [6.45, 7) is 3.27. The normalized spacial score (nSPS) is 17.2. The molecule has 1 aliphatic heterocycles. The van der Waals surface area contributed by atoms with E-state index in [1.807, 2.05) is 11.6 Å². The van der Waals surface area contributed by atoms with Gasteiger partial charge in [-0.3, -0.25) is 4.68 Å². The molecule has 0 amide bonds. The molecule has 1 saturated carbocycles. The maximum atomic E-state index is 6.17. The highest BCUT2D eigenvalue weighted by atomic mass is 35.5. The summed E-state index contributed by atoms with van der Waals surface area (Å²) in [5.74, 6) is 1.10. The molecule has 2 aliphatic rings. The average Bonchev–Trinajstić information content (AvgIpc) is 3.31. The van der Waals surface area contributed by atoms with Crippen LogP contribution in [0.25, 0.3) is 11.0 Å². The molecule has 1 N–H and O–H groups in total. The highest BCUT2D eigenvalue weighted by Gasteiger charge is 2.29. The molecule has 0 unspecified atom stereocenters. The Morgan fingerprint density at radius 2 is 2.21 bits per heavy atom. The molecule has 4 heterocycles. The fourth-order valence-electron chi connectivity index (χ4n) is 3.05. The second kappa shape index (κ2) is 5.07. The van der Waals surface area contributed by atoms with Crippen LogP contribution in [0.4, 0.5) is 11.6 Å². The monoisotopic (exact) mass is 345 g/mol. The summed E-state index contributed by atoms with van der Waals surface area (Å²) in [4.78, 5) is 8.96. The third kappa shape index (κ3) is 2.13. The van der Waals surface area contributed by atoms with Crippen LogP contribution >= 0.6 is 11.6 Å². The van der Waals surface area contributed by atoms with Gasteiger partial charge in [0, 0.05) is 19.2 Å². The zero-order chi connectivity index (χ0) is 16.3. The second-order valence-electron chi connectivity index (χ2n) is 6.21. The van der Waals surface area contributed by atoms with E-state index in [2.05, 4.69) is 25.5 Å². The van der Waals surface area contributed by atoms with E-state index in [0.29, 0.717) is 36.2 Å². The number of halogens is 1. The van der Waals surface area contributed by atoms with Gasteiger partial charge in [-0.2, -0.15) is 10.1 Å². The van der Waals surface area contributed by atoms with Crippen LogP contribution in [0, 0.1) is 6.92 Å². The van der Waals surface area contributed by atoms with Crippen LogP contribution in [0.2, 0.25) is 5.15 Å². The second-order valence-corrected chi connectivity index (χ2v) is 6.57. The van der Waals surface area contributed by atoms with Crippen LogP contribution in [-0.2, 0) is 6.54 Å². The fourth-order valence-corrected chi connectivity index (χ4v) is 3.27. The summed E-state index contributed by atoms with van der Waals surface area (Å²) in [6, 6.07) is 0.486. The van der Waals surface area contributed by atoms with Crippen LogP contribution < -0.4 is 10.1 Å². The quantitative estimate of drug-likeness (QED) is 0.730. The van der Waals surface area contributed by atoms with Crippen LogP contribution in [-0.4, -0.2) is 36.1 Å². The molecule has 8 nitrogen and oxygen atoms in total. The van der Waals surface area contributed by atoms with Crippen molar-refractivity contribution in [3.8, 4) is 5.88 Å². The first-order valence-corrected chi connectivity index (χ1v) is 8.46. The Bertz CT molecular complexity index is 943. The minimum Gasteiger partial charge on any atom is -0.475 e. The summed E-state index contributed by atoms with van der Waals surface area (Å²) in [6.07, 6.45) is 4.83. The standard InChI is InChI=1S/C15H16ClN7O/c1-8-11-14(21-23(8)9-3-4-9)24-6-2-5-22-13-10(12(16)20-22)7-17-15(18-11)19-13/h7,9H,2-6H2,1H3,(H,17,18,19).